The van der Waals surface area contributed by atoms with E-state index in [-0.39, 0.29) is 6.54 Å². The lowest BCUT2D eigenvalue weighted by molar-refractivity contribution is 0.0667. The van der Waals surface area contributed by atoms with Gasteiger partial charge in [-0.05, 0) is 35.7 Å². The Hall–Kier alpha value is -0.380. The van der Waals surface area contributed by atoms with Crippen molar-refractivity contribution in [1.29, 1.82) is 0 Å². The van der Waals surface area contributed by atoms with E-state index in [0.29, 0.717) is 0 Å². The number of hydrogen-bond donors (Lipinski definition) is 2. The number of aliphatic hydroxyl groups is 1. The normalized spacial score (nSPS) is 16.4. The zero-order valence-corrected chi connectivity index (χ0v) is 7.61. The molecule has 0 aliphatic rings. The van der Waals surface area contributed by atoms with Crippen LogP contribution >= 0.6 is 11.3 Å². The summed E-state index contributed by atoms with van der Waals surface area (Å²) < 4.78 is 0. The topological polar surface area (TPSA) is 46.2 Å². The minimum atomic E-state index is -0.857. The van der Waals surface area contributed by atoms with Crippen LogP contribution in [0.3, 0.4) is 0 Å². The molecule has 1 rings (SSSR count). The molecular formula is C8H13NOS. The Kier molecular flexibility index (Phi) is 2.32. The van der Waals surface area contributed by atoms with E-state index < -0.39 is 5.60 Å². The van der Waals surface area contributed by atoms with Crippen LogP contribution in [0.15, 0.2) is 10.8 Å². The standard InChI is InChI=1S/C8H13NOS/c1-6-3-11-4-7(6)8(2,10)5-9/h3-4,10H,5,9H2,1-2H3. The predicted molar refractivity (Wildman–Crippen MR) is 47.7 cm³/mol. The summed E-state index contributed by atoms with van der Waals surface area (Å²) >= 11 is 1.59. The Morgan fingerprint density at radius 3 is 2.64 bits per heavy atom. The van der Waals surface area contributed by atoms with Crippen LogP contribution in [0.2, 0.25) is 0 Å². The molecule has 1 atom stereocenters. The second-order valence-corrected chi connectivity index (χ2v) is 3.69. The van der Waals surface area contributed by atoms with E-state index >= 15 is 0 Å². The SMILES string of the molecule is Cc1cscc1C(C)(O)CN. The minimum Gasteiger partial charge on any atom is -0.384 e. The van der Waals surface area contributed by atoms with Crippen molar-refractivity contribution in [3.8, 4) is 0 Å². The van der Waals surface area contributed by atoms with Gasteiger partial charge in [-0.1, -0.05) is 0 Å². The van der Waals surface area contributed by atoms with Gasteiger partial charge in [0.05, 0.1) is 0 Å². The lowest BCUT2D eigenvalue weighted by Gasteiger charge is -2.20. The Morgan fingerprint density at radius 2 is 2.27 bits per heavy atom. The summed E-state index contributed by atoms with van der Waals surface area (Å²) in [7, 11) is 0. The van der Waals surface area contributed by atoms with Gasteiger partial charge in [-0.2, -0.15) is 11.3 Å². The van der Waals surface area contributed by atoms with Crippen molar-refractivity contribution in [3.63, 3.8) is 0 Å². The fourth-order valence-electron chi connectivity index (χ4n) is 1.02. The zero-order chi connectivity index (χ0) is 8.48. The van der Waals surface area contributed by atoms with E-state index in [1.165, 1.54) is 0 Å². The number of rotatable bonds is 2. The summed E-state index contributed by atoms with van der Waals surface area (Å²) in [5.74, 6) is 0. The van der Waals surface area contributed by atoms with Gasteiger partial charge in [0.2, 0.25) is 0 Å². The third-order valence-corrected chi connectivity index (χ3v) is 2.69. The molecule has 2 nitrogen and oxygen atoms in total. The van der Waals surface area contributed by atoms with Crippen LogP contribution in [-0.2, 0) is 5.60 Å². The Balaban J connectivity index is 3.00. The molecule has 3 heteroatoms. The maximum Gasteiger partial charge on any atom is 0.100 e. The van der Waals surface area contributed by atoms with Crippen molar-refractivity contribution in [1.82, 2.24) is 0 Å². The van der Waals surface area contributed by atoms with E-state index in [0.717, 1.165) is 11.1 Å². The van der Waals surface area contributed by atoms with Gasteiger partial charge in [0.1, 0.15) is 5.60 Å². The monoisotopic (exact) mass is 171 g/mol. The Labute approximate surface area is 70.7 Å². The third kappa shape index (κ3) is 1.61. The molecule has 3 N–H and O–H groups in total. The average molecular weight is 171 g/mol. The third-order valence-electron chi connectivity index (χ3n) is 1.83. The smallest absolute Gasteiger partial charge is 0.100 e. The number of hydrogen-bond acceptors (Lipinski definition) is 3. The molecule has 0 aliphatic carbocycles. The van der Waals surface area contributed by atoms with E-state index in [9.17, 15) is 5.11 Å². The van der Waals surface area contributed by atoms with Crippen molar-refractivity contribution >= 4 is 11.3 Å². The van der Waals surface area contributed by atoms with Crippen LogP contribution in [0, 0.1) is 6.92 Å². The Morgan fingerprint density at radius 1 is 1.64 bits per heavy atom. The summed E-state index contributed by atoms with van der Waals surface area (Å²) in [6.45, 7) is 3.99. The first-order valence-electron chi connectivity index (χ1n) is 3.53. The van der Waals surface area contributed by atoms with Crippen molar-refractivity contribution in [2.24, 2.45) is 5.73 Å². The minimum absolute atomic E-state index is 0.268. The largest absolute Gasteiger partial charge is 0.384 e. The molecule has 0 bridgehead atoms. The highest BCUT2D eigenvalue weighted by atomic mass is 32.1. The molecule has 1 heterocycles. The van der Waals surface area contributed by atoms with E-state index in [4.69, 9.17) is 5.73 Å². The van der Waals surface area contributed by atoms with Crippen molar-refractivity contribution in [2.45, 2.75) is 19.4 Å². The van der Waals surface area contributed by atoms with Crippen molar-refractivity contribution < 1.29 is 5.11 Å². The second kappa shape index (κ2) is 2.93. The zero-order valence-electron chi connectivity index (χ0n) is 6.79. The van der Waals surface area contributed by atoms with Gasteiger partial charge in [0, 0.05) is 6.54 Å². The van der Waals surface area contributed by atoms with Gasteiger partial charge < -0.3 is 10.8 Å². The fourth-order valence-corrected chi connectivity index (χ4v) is 2.00. The molecule has 0 aliphatic heterocycles. The number of aryl methyl sites for hydroxylation is 1. The van der Waals surface area contributed by atoms with E-state index in [2.05, 4.69) is 0 Å². The molecule has 11 heavy (non-hydrogen) atoms. The van der Waals surface area contributed by atoms with Crippen LogP contribution < -0.4 is 5.73 Å². The first-order chi connectivity index (χ1) is 5.08. The molecule has 0 saturated carbocycles. The highest BCUT2D eigenvalue weighted by Gasteiger charge is 2.23. The van der Waals surface area contributed by atoms with Crippen LogP contribution in [0.5, 0.6) is 0 Å². The summed E-state index contributed by atoms with van der Waals surface area (Å²) in [6.07, 6.45) is 0. The Bertz CT molecular complexity index is 242. The molecular weight excluding hydrogens is 158 g/mol. The van der Waals surface area contributed by atoms with Crippen LogP contribution in [0.25, 0.3) is 0 Å². The van der Waals surface area contributed by atoms with Crippen LogP contribution in [-0.4, -0.2) is 11.7 Å². The first-order valence-corrected chi connectivity index (χ1v) is 4.48. The summed E-state index contributed by atoms with van der Waals surface area (Å²) in [5, 5.41) is 13.7. The lowest BCUT2D eigenvalue weighted by atomic mass is 9.96. The predicted octanol–water partition coefficient (Wildman–Crippen LogP) is 1.22. The molecule has 0 fully saturated rings. The summed E-state index contributed by atoms with van der Waals surface area (Å²) in [4.78, 5) is 0. The second-order valence-electron chi connectivity index (χ2n) is 2.95. The lowest BCUT2D eigenvalue weighted by Crippen LogP contribution is -2.31. The number of thiophene rings is 1. The molecule has 62 valence electrons. The molecule has 0 saturated heterocycles. The first kappa shape index (κ1) is 8.71. The van der Waals surface area contributed by atoms with Crippen molar-refractivity contribution in [3.05, 3.63) is 21.9 Å². The van der Waals surface area contributed by atoms with Crippen molar-refractivity contribution in [2.75, 3.05) is 6.54 Å². The van der Waals surface area contributed by atoms with Gasteiger partial charge in [0.25, 0.3) is 0 Å². The molecule has 0 spiro atoms. The van der Waals surface area contributed by atoms with Gasteiger partial charge >= 0.3 is 0 Å². The quantitative estimate of drug-likeness (QED) is 0.703. The maximum absolute atomic E-state index is 9.75. The highest BCUT2D eigenvalue weighted by molar-refractivity contribution is 7.08. The molecule has 1 unspecified atom stereocenters. The van der Waals surface area contributed by atoms with Gasteiger partial charge in [-0.3, -0.25) is 0 Å². The van der Waals surface area contributed by atoms with Gasteiger partial charge in [-0.25, -0.2) is 0 Å². The van der Waals surface area contributed by atoms with Gasteiger partial charge in [0.15, 0.2) is 0 Å². The van der Waals surface area contributed by atoms with E-state index in [1.54, 1.807) is 18.3 Å². The summed E-state index contributed by atoms with van der Waals surface area (Å²) in [6, 6.07) is 0. The van der Waals surface area contributed by atoms with E-state index in [1.807, 2.05) is 17.7 Å². The molecule has 1 aromatic heterocycles. The summed E-state index contributed by atoms with van der Waals surface area (Å²) in [5.41, 5.74) is 6.63. The average Bonchev–Trinajstić information content (AvgIpc) is 2.36. The number of nitrogens with two attached hydrogens (primary N) is 1. The van der Waals surface area contributed by atoms with Crippen LogP contribution in [0.1, 0.15) is 18.1 Å². The van der Waals surface area contributed by atoms with Gasteiger partial charge in [-0.15, -0.1) is 0 Å². The fraction of sp³-hybridized carbons (Fsp3) is 0.500. The maximum atomic E-state index is 9.75. The molecule has 0 aromatic carbocycles. The van der Waals surface area contributed by atoms with Crippen LogP contribution in [0.4, 0.5) is 0 Å². The molecule has 1 aromatic rings. The molecule has 0 amide bonds. The molecule has 0 radical (unpaired) electrons. The highest BCUT2D eigenvalue weighted by Crippen LogP contribution is 2.25.